The molecule has 4 N–H and O–H groups in total. The second kappa shape index (κ2) is 17.3. The molecule has 0 spiro atoms. The molecule has 3 aliphatic heterocycles. The SMILES string of the molecule is CC1OCC2OC(OC3c4cc5c(cc4CCC3COC=O)OCO5)C(O)C(O)C2O1.COc1cccc(OC)c1OC(=O)OCC(O)CO. The average molecular weight is 711 g/mol. The van der Waals surface area contributed by atoms with E-state index in [9.17, 15) is 19.8 Å². The first kappa shape index (κ1) is 37.3. The Kier molecular flexibility index (Phi) is 12.9. The minimum Gasteiger partial charge on any atom is -0.493 e. The summed E-state index contributed by atoms with van der Waals surface area (Å²) in [5, 5.41) is 38.9. The van der Waals surface area contributed by atoms with Gasteiger partial charge < -0.3 is 72.5 Å². The van der Waals surface area contributed by atoms with E-state index in [4.69, 9.17) is 57.6 Å². The smallest absolute Gasteiger partial charge is 0.493 e. The molecule has 50 heavy (non-hydrogen) atoms. The van der Waals surface area contributed by atoms with Crippen LogP contribution in [0.3, 0.4) is 0 Å². The molecule has 0 bridgehead atoms. The van der Waals surface area contributed by atoms with Gasteiger partial charge in [-0.05, 0) is 55.2 Å². The Morgan fingerprint density at radius 2 is 1.78 bits per heavy atom. The molecular formula is C33H42O17. The Bertz CT molecular complexity index is 1410. The molecule has 1 aliphatic carbocycles. The van der Waals surface area contributed by atoms with Gasteiger partial charge in [0.25, 0.3) is 6.47 Å². The standard InChI is InChI=1S/C21H26O10.C12H16O7/c1-10-26-7-16-20(29-10)17(23)18(24)21(30-16)31-19-12(6-25-8-22)3-2-11-4-14-15(5-13(11)19)28-9-27-14;1-16-9-4-3-5-10(17-2)11(9)19-12(15)18-7-8(14)6-13/h4-5,8,10,12,16-21,23-24H,2-3,6-7,9H2,1H3;3-5,8,13-14H,6-7H2,1-2H3. The topological polar surface area (TPSA) is 217 Å². The van der Waals surface area contributed by atoms with Crippen LogP contribution in [-0.2, 0) is 39.6 Å². The van der Waals surface area contributed by atoms with E-state index >= 15 is 0 Å². The van der Waals surface area contributed by atoms with Crippen molar-refractivity contribution in [3.05, 3.63) is 41.5 Å². The Labute approximate surface area is 287 Å². The van der Waals surface area contributed by atoms with Gasteiger partial charge in [0.05, 0.1) is 40.1 Å². The first-order valence-corrected chi connectivity index (χ1v) is 15.9. The van der Waals surface area contributed by atoms with Crippen LogP contribution in [0.25, 0.3) is 0 Å². The summed E-state index contributed by atoms with van der Waals surface area (Å²) < 4.78 is 58.9. The quantitative estimate of drug-likeness (QED) is 0.145. The number of hydrogen-bond donors (Lipinski definition) is 4. The minimum absolute atomic E-state index is 0.0796. The van der Waals surface area contributed by atoms with Crippen molar-refractivity contribution in [1.82, 2.24) is 0 Å². The first-order valence-electron chi connectivity index (χ1n) is 15.9. The van der Waals surface area contributed by atoms with E-state index in [1.807, 2.05) is 12.1 Å². The summed E-state index contributed by atoms with van der Waals surface area (Å²) in [7, 11) is 2.84. The molecule has 6 rings (SSSR count). The van der Waals surface area contributed by atoms with Crippen molar-refractivity contribution in [1.29, 1.82) is 0 Å². The van der Waals surface area contributed by atoms with Crippen LogP contribution < -0.4 is 23.7 Å². The van der Waals surface area contributed by atoms with Crippen molar-refractivity contribution in [3.63, 3.8) is 0 Å². The normalized spacial score (nSPS) is 28.5. The van der Waals surface area contributed by atoms with E-state index in [1.165, 1.54) is 14.2 Å². The number of rotatable bonds is 11. The number of aliphatic hydroxyl groups is 4. The second-order valence-corrected chi connectivity index (χ2v) is 11.7. The molecule has 2 aromatic rings. The summed E-state index contributed by atoms with van der Waals surface area (Å²) in [6.45, 7) is 1.77. The third kappa shape index (κ3) is 8.67. The first-order chi connectivity index (χ1) is 24.2. The Morgan fingerprint density at radius 3 is 2.46 bits per heavy atom. The van der Waals surface area contributed by atoms with Crippen molar-refractivity contribution in [2.45, 2.75) is 69.0 Å². The van der Waals surface area contributed by atoms with Crippen molar-refractivity contribution < 1.29 is 82.1 Å². The van der Waals surface area contributed by atoms with E-state index < -0.39 is 62.0 Å². The fourth-order valence-electron chi connectivity index (χ4n) is 5.95. The van der Waals surface area contributed by atoms with Crippen LogP contribution >= 0.6 is 0 Å². The fourth-order valence-corrected chi connectivity index (χ4v) is 5.95. The lowest BCUT2D eigenvalue weighted by Crippen LogP contribution is -2.63. The van der Waals surface area contributed by atoms with Crippen LogP contribution in [0.4, 0.5) is 4.79 Å². The van der Waals surface area contributed by atoms with E-state index in [0.29, 0.717) is 35.9 Å². The lowest BCUT2D eigenvalue weighted by molar-refractivity contribution is -0.364. The highest BCUT2D eigenvalue weighted by Crippen LogP contribution is 2.45. The van der Waals surface area contributed by atoms with E-state index in [2.05, 4.69) is 4.74 Å². The number of aryl methyl sites for hydroxylation is 1. The summed E-state index contributed by atoms with van der Waals surface area (Å²) in [5.41, 5.74) is 1.88. The van der Waals surface area contributed by atoms with Crippen LogP contribution in [0.15, 0.2) is 30.3 Å². The van der Waals surface area contributed by atoms with Crippen LogP contribution in [0.1, 0.15) is 30.6 Å². The zero-order valence-corrected chi connectivity index (χ0v) is 27.7. The monoisotopic (exact) mass is 710 g/mol. The Morgan fingerprint density at radius 1 is 1.06 bits per heavy atom. The van der Waals surface area contributed by atoms with Crippen LogP contribution in [-0.4, -0.2) is 124 Å². The fraction of sp³-hybridized carbons (Fsp3) is 0.576. The van der Waals surface area contributed by atoms with Gasteiger partial charge in [-0.1, -0.05) is 6.07 Å². The molecule has 2 saturated heterocycles. The second-order valence-electron chi connectivity index (χ2n) is 11.7. The highest BCUT2D eigenvalue weighted by molar-refractivity contribution is 5.67. The predicted molar refractivity (Wildman–Crippen MR) is 166 cm³/mol. The summed E-state index contributed by atoms with van der Waals surface area (Å²) in [6, 6.07) is 8.64. The van der Waals surface area contributed by atoms with Crippen LogP contribution in [0, 0.1) is 5.92 Å². The van der Waals surface area contributed by atoms with Crippen molar-refractivity contribution in [3.8, 4) is 28.7 Å². The summed E-state index contributed by atoms with van der Waals surface area (Å²) >= 11 is 0. The maximum atomic E-state index is 11.4. The molecule has 17 nitrogen and oxygen atoms in total. The lowest BCUT2D eigenvalue weighted by Gasteiger charge is -2.47. The van der Waals surface area contributed by atoms with Gasteiger partial charge in [-0.25, -0.2) is 4.79 Å². The lowest BCUT2D eigenvalue weighted by atomic mass is 9.81. The van der Waals surface area contributed by atoms with Gasteiger partial charge in [0.2, 0.25) is 12.5 Å². The molecule has 17 heteroatoms. The molecule has 2 aromatic carbocycles. The third-order valence-corrected chi connectivity index (χ3v) is 8.47. The van der Waals surface area contributed by atoms with Crippen LogP contribution in [0.5, 0.6) is 28.7 Å². The van der Waals surface area contributed by atoms with Gasteiger partial charge in [0, 0.05) is 5.92 Å². The number of benzene rings is 2. The molecule has 0 aromatic heterocycles. The highest BCUT2D eigenvalue weighted by atomic mass is 16.8. The number of fused-ring (bicyclic) bond motifs is 3. The third-order valence-electron chi connectivity index (χ3n) is 8.47. The molecule has 276 valence electrons. The molecule has 0 saturated carbocycles. The molecule has 0 amide bonds. The van der Waals surface area contributed by atoms with Crippen molar-refractivity contribution in [2.75, 3.05) is 47.4 Å². The van der Waals surface area contributed by atoms with E-state index in [-0.39, 0.29) is 38.3 Å². The molecule has 2 fully saturated rings. The number of aliphatic hydroxyl groups excluding tert-OH is 4. The number of para-hydroxylation sites is 1. The molecule has 0 radical (unpaired) electrons. The average Bonchev–Trinajstić information content (AvgIpc) is 3.59. The van der Waals surface area contributed by atoms with Crippen molar-refractivity contribution >= 4 is 12.6 Å². The number of hydrogen-bond acceptors (Lipinski definition) is 17. The van der Waals surface area contributed by atoms with Gasteiger partial charge in [-0.3, -0.25) is 4.79 Å². The number of ether oxygens (including phenoxy) is 11. The van der Waals surface area contributed by atoms with Gasteiger partial charge >= 0.3 is 6.16 Å². The van der Waals surface area contributed by atoms with Gasteiger partial charge in [-0.15, -0.1) is 0 Å². The van der Waals surface area contributed by atoms with Crippen LogP contribution in [0.2, 0.25) is 0 Å². The summed E-state index contributed by atoms with van der Waals surface area (Å²) in [5.74, 6) is 1.81. The predicted octanol–water partition coefficient (Wildman–Crippen LogP) is 0.989. The maximum absolute atomic E-state index is 11.4. The Balaban J connectivity index is 0.000000221. The van der Waals surface area contributed by atoms with Gasteiger partial charge in [-0.2, -0.15) is 0 Å². The highest BCUT2D eigenvalue weighted by Gasteiger charge is 2.50. The number of carbonyl (C=O) groups excluding carboxylic acids is 2. The number of methoxy groups -OCH3 is 2. The van der Waals surface area contributed by atoms with Gasteiger partial charge in [0.15, 0.2) is 35.6 Å². The summed E-state index contributed by atoms with van der Waals surface area (Å²) in [6.07, 6.45) is -6.69. The largest absolute Gasteiger partial charge is 0.514 e. The summed E-state index contributed by atoms with van der Waals surface area (Å²) in [4.78, 5) is 22.2. The zero-order valence-electron chi connectivity index (χ0n) is 27.7. The van der Waals surface area contributed by atoms with E-state index in [0.717, 1.165) is 17.5 Å². The van der Waals surface area contributed by atoms with E-state index in [1.54, 1.807) is 25.1 Å². The molecule has 9 unspecified atom stereocenters. The number of carbonyl (C=O) groups is 2. The van der Waals surface area contributed by atoms with Gasteiger partial charge in [0.1, 0.15) is 37.1 Å². The molecule has 9 atom stereocenters. The minimum atomic E-state index is -1.32. The van der Waals surface area contributed by atoms with Crippen molar-refractivity contribution in [2.24, 2.45) is 5.92 Å². The molecule has 3 heterocycles. The zero-order chi connectivity index (χ0) is 35.8. The molecule has 4 aliphatic rings. The maximum Gasteiger partial charge on any atom is 0.514 e. The molecular weight excluding hydrogens is 668 g/mol. The Hall–Kier alpha value is -3.94.